The van der Waals surface area contributed by atoms with Crippen LogP contribution in [-0.2, 0) is 24.3 Å². The van der Waals surface area contributed by atoms with Crippen LogP contribution in [0.4, 0.5) is 0 Å². The average Bonchev–Trinajstić information content (AvgIpc) is 2.79. The maximum Gasteiger partial charge on any atom is 0.242 e. The van der Waals surface area contributed by atoms with Gasteiger partial charge in [-0.1, -0.05) is 13.8 Å². The molecule has 1 aromatic rings. The zero-order valence-corrected chi connectivity index (χ0v) is 13.1. The molecule has 0 saturated carbocycles. The maximum absolute atomic E-state index is 12.4. The topological polar surface area (TPSA) is 50.2 Å². The molecule has 0 radical (unpaired) electrons. The molecule has 1 aliphatic rings. The maximum atomic E-state index is 12.4. The van der Waals surface area contributed by atoms with Gasteiger partial charge < -0.3 is 14.8 Å². The average molecular weight is 278 g/mol. The van der Waals surface area contributed by atoms with Crippen LogP contribution in [0, 0.1) is 0 Å². The van der Waals surface area contributed by atoms with Crippen molar-refractivity contribution in [3.05, 3.63) is 17.2 Å². The minimum absolute atomic E-state index is 0.190. The highest BCUT2D eigenvalue weighted by Gasteiger charge is 2.23. The molecule has 0 unspecified atom stereocenters. The molecule has 0 aromatic carbocycles. The van der Waals surface area contributed by atoms with E-state index in [9.17, 15) is 4.79 Å². The number of imidazole rings is 1. The van der Waals surface area contributed by atoms with Crippen molar-refractivity contribution in [1.82, 2.24) is 19.8 Å². The molecule has 0 saturated heterocycles. The van der Waals surface area contributed by atoms with E-state index in [1.807, 2.05) is 18.7 Å². The van der Waals surface area contributed by atoms with Crippen LogP contribution in [0.1, 0.15) is 50.8 Å². The molecule has 20 heavy (non-hydrogen) atoms. The van der Waals surface area contributed by atoms with E-state index < -0.39 is 0 Å². The summed E-state index contributed by atoms with van der Waals surface area (Å²) in [4.78, 5) is 19.0. The predicted molar refractivity (Wildman–Crippen MR) is 79.7 cm³/mol. The monoisotopic (exact) mass is 278 g/mol. The van der Waals surface area contributed by atoms with Crippen molar-refractivity contribution in [2.75, 3.05) is 19.6 Å². The zero-order chi connectivity index (χ0) is 14.7. The summed E-state index contributed by atoms with van der Waals surface area (Å²) in [5, 5.41) is 3.35. The van der Waals surface area contributed by atoms with Gasteiger partial charge in [0.25, 0.3) is 0 Å². The highest BCUT2D eigenvalue weighted by molar-refractivity contribution is 5.76. The first kappa shape index (κ1) is 15.0. The zero-order valence-electron chi connectivity index (χ0n) is 13.1. The van der Waals surface area contributed by atoms with Crippen molar-refractivity contribution in [1.29, 1.82) is 0 Å². The third-order valence-corrected chi connectivity index (χ3v) is 3.94. The molecule has 0 aliphatic carbocycles. The first-order chi connectivity index (χ1) is 9.58. The number of rotatable bonds is 5. The summed E-state index contributed by atoms with van der Waals surface area (Å²) in [5.41, 5.74) is 2.36. The molecule has 0 spiro atoms. The molecular formula is C15H26N4O. The summed E-state index contributed by atoms with van der Waals surface area (Å²) in [7, 11) is 0. The lowest BCUT2D eigenvalue weighted by Gasteiger charge is -2.22. The predicted octanol–water partition coefficient (Wildman–Crippen LogP) is 1.52. The molecule has 5 heteroatoms. The van der Waals surface area contributed by atoms with Gasteiger partial charge in [-0.25, -0.2) is 4.98 Å². The van der Waals surface area contributed by atoms with Gasteiger partial charge in [-0.05, 0) is 13.8 Å². The van der Waals surface area contributed by atoms with Gasteiger partial charge in [0.1, 0.15) is 12.4 Å². The molecule has 0 atom stereocenters. The highest BCUT2D eigenvalue weighted by Crippen LogP contribution is 2.22. The fourth-order valence-electron chi connectivity index (χ4n) is 2.82. The second kappa shape index (κ2) is 6.39. The van der Waals surface area contributed by atoms with Crippen LogP contribution in [0.5, 0.6) is 0 Å². The van der Waals surface area contributed by atoms with Crippen LogP contribution in [0.15, 0.2) is 0 Å². The van der Waals surface area contributed by atoms with Gasteiger partial charge in [-0.15, -0.1) is 0 Å². The summed E-state index contributed by atoms with van der Waals surface area (Å²) < 4.78 is 2.15. The van der Waals surface area contributed by atoms with E-state index in [4.69, 9.17) is 4.98 Å². The highest BCUT2D eigenvalue weighted by atomic mass is 16.2. The summed E-state index contributed by atoms with van der Waals surface area (Å²) >= 11 is 0. The molecule has 1 aliphatic heterocycles. The molecule has 0 bridgehead atoms. The normalized spacial score (nSPS) is 14.4. The van der Waals surface area contributed by atoms with Crippen LogP contribution in [-0.4, -0.2) is 40.0 Å². The largest absolute Gasteiger partial charge is 0.342 e. The lowest BCUT2D eigenvalue weighted by molar-refractivity contribution is -0.131. The summed E-state index contributed by atoms with van der Waals surface area (Å²) in [6.07, 6.45) is 0.959. The Balaban J connectivity index is 2.29. The second-order valence-electron chi connectivity index (χ2n) is 5.60. The summed E-state index contributed by atoms with van der Waals surface area (Å²) in [5.74, 6) is 1.57. The number of hydrogen-bond donors (Lipinski definition) is 1. The first-order valence-corrected chi connectivity index (χ1v) is 7.65. The van der Waals surface area contributed by atoms with Crippen LogP contribution in [0.3, 0.4) is 0 Å². The van der Waals surface area contributed by atoms with Crippen LogP contribution >= 0.6 is 0 Å². The van der Waals surface area contributed by atoms with E-state index in [1.165, 1.54) is 5.69 Å². The fourth-order valence-corrected chi connectivity index (χ4v) is 2.82. The fraction of sp³-hybridized carbons (Fsp3) is 0.733. The Hall–Kier alpha value is -1.36. The third-order valence-electron chi connectivity index (χ3n) is 3.94. The number of carbonyl (C=O) groups excluding carboxylic acids is 1. The van der Waals surface area contributed by atoms with Gasteiger partial charge in [0, 0.05) is 44.2 Å². The van der Waals surface area contributed by atoms with E-state index >= 15 is 0 Å². The van der Waals surface area contributed by atoms with Crippen molar-refractivity contribution in [2.24, 2.45) is 0 Å². The molecule has 1 N–H and O–H groups in total. The number of carbonyl (C=O) groups is 1. The van der Waals surface area contributed by atoms with E-state index in [-0.39, 0.29) is 5.91 Å². The van der Waals surface area contributed by atoms with Crippen molar-refractivity contribution in [2.45, 2.75) is 53.1 Å². The number of likely N-dealkylation sites (N-methyl/N-ethyl adjacent to an activating group) is 1. The SMILES string of the molecule is CCN(CC)C(=O)Cn1c(C(C)C)nc2c1CCNC2. The second-order valence-corrected chi connectivity index (χ2v) is 5.60. The molecule has 0 fully saturated rings. The van der Waals surface area contributed by atoms with Gasteiger partial charge in [0.2, 0.25) is 5.91 Å². The van der Waals surface area contributed by atoms with Crippen molar-refractivity contribution in [3.8, 4) is 0 Å². The van der Waals surface area contributed by atoms with Crippen LogP contribution in [0.2, 0.25) is 0 Å². The quantitative estimate of drug-likeness (QED) is 0.888. The molecule has 5 nitrogen and oxygen atoms in total. The number of hydrogen-bond acceptors (Lipinski definition) is 3. The molecule has 2 rings (SSSR count). The standard InChI is InChI=1S/C15H26N4O/c1-5-18(6-2)14(20)10-19-13-7-8-16-9-12(13)17-15(19)11(3)4/h11,16H,5-10H2,1-4H3. The molecular weight excluding hydrogens is 252 g/mol. The van der Waals surface area contributed by atoms with Gasteiger partial charge in [0.05, 0.1) is 5.69 Å². The van der Waals surface area contributed by atoms with Crippen LogP contribution < -0.4 is 5.32 Å². The molecule has 1 aromatic heterocycles. The smallest absolute Gasteiger partial charge is 0.242 e. The molecule has 2 heterocycles. The number of nitrogens with zero attached hydrogens (tertiary/aromatic N) is 3. The Kier molecular flexibility index (Phi) is 4.81. The lowest BCUT2D eigenvalue weighted by atomic mass is 10.2. The number of fused-ring (bicyclic) bond motifs is 1. The minimum atomic E-state index is 0.190. The summed E-state index contributed by atoms with van der Waals surface area (Å²) in [6, 6.07) is 0. The Bertz CT molecular complexity index is 474. The molecule has 1 amide bonds. The van der Waals surface area contributed by atoms with Gasteiger partial charge in [-0.2, -0.15) is 0 Å². The van der Waals surface area contributed by atoms with E-state index in [2.05, 4.69) is 23.7 Å². The molecule has 112 valence electrons. The first-order valence-electron chi connectivity index (χ1n) is 7.65. The lowest BCUT2D eigenvalue weighted by Crippen LogP contribution is -2.35. The van der Waals surface area contributed by atoms with Crippen molar-refractivity contribution >= 4 is 5.91 Å². The van der Waals surface area contributed by atoms with Crippen LogP contribution in [0.25, 0.3) is 0 Å². The third kappa shape index (κ3) is 2.87. The summed E-state index contributed by atoms with van der Waals surface area (Å²) in [6.45, 7) is 12.1. The Morgan fingerprint density at radius 3 is 2.70 bits per heavy atom. The Labute approximate surface area is 121 Å². The van der Waals surface area contributed by atoms with E-state index in [0.717, 1.165) is 44.1 Å². The van der Waals surface area contributed by atoms with E-state index in [1.54, 1.807) is 0 Å². The van der Waals surface area contributed by atoms with Crippen molar-refractivity contribution < 1.29 is 4.79 Å². The van der Waals surface area contributed by atoms with Gasteiger partial charge >= 0.3 is 0 Å². The van der Waals surface area contributed by atoms with E-state index in [0.29, 0.717) is 12.5 Å². The van der Waals surface area contributed by atoms with Crippen molar-refractivity contribution in [3.63, 3.8) is 0 Å². The Morgan fingerprint density at radius 2 is 2.10 bits per heavy atom. The number of aromatic nitrogens is 2. The number of nitrogens with one attached hydrogen (secondary N) is 1. The minimum Gasteiger partial charge on any atom is -0.342 e. The van der Waals surface area contributed by atoms with Gasteiger partial charge in [-0.3, -0.25) is 4.79 Å². The van der Waals surface area contributed by atoms with Gasteiger partial charge in [0.15, 0.2) is 0 Å². The number of amides is 1. The Morgan fingerprint density at radius 1 is 1.40 bits per heavy atom.